The summed E-state index contributed by atoms with van der Waals surface area (Å²) in [5.74, 6) is 0.674. The Morgan fingerprint density at radius 3 is 2.41 bits per heavy atom. The fourth-order valence-corrected chi connectivity index (χ4v) is 5.00. The van der Waals surface area contributed by atoms with Crippen molar-refractivity contribution in [3.8, 4) is 0 Å². The highest BCUT2D eigenvalue weighted by atomic mass is 32.2. The summed E-state index contributed by atoms with van der Waals surface area (Å²) < 4.78 is 27.6. The van der Waals surface area contributed by atoms with E-state index in [0.717, 1.165) is 11.3 Å². The van der Waals surface area contributed by atoms with Crippen LogP contribution in [-0.2, 0) is 21.2 Å². The predicted octanol–water partition coefficient (Wildman–Crippen LogP) is 0.896. The number of anilines is 2. The Balaban J connectivity index is 1.52. The molecule has 3 heterocycles. The van der Waals surface area contributed by atoms with Gasteiger partial charge in [-0.2, -0.15) is 4.31 Å². The molecule has 0 atom stereocenters. The van der Waals surface area contributed by atoms with Crippen LogP contribution in [0.2, 0.25) is 0 Å². The normalized spacial score (nSPS) is 18.5. The van der Waals surface area contributed by atoms with Crippen LogP contribution in [0, 0.1) is 0 Å². The van der Waals surface area contributed by atoms with Crippen molar-refractivity contribution in [2.24, 2.45) is 0 Å². The largest absolute Gasteiger partial charge is 0.338 e. The van der Waals surface area contributed by atoms with E-state index < -0.39 is 10.0 Å². The molecule has 0 bridgehead atoms. The molecule has 1 fully saturated rings. The number of nitrogens with zero attached hydrogens (tertiary/aromatic N) is 5. The standard InChI is InChI=1S/C18H21N5O3S/c1-21-16-5-4-15(13-14(16)3-6-17(21)24)27(25,26)23-11-9-22(10-12-23)18-19-7-2-8-20-18/h2,4-5,7-8,13H,3,6,9-12H2,1H3. The van der Waals surface area contributed by atoms with Gasteiger partial charge in [-0.3, -0.25) is 4.79 Å². The van der Waals surface area contributed by atoms with Crippen LogP contribution in [0.15, 0.2) is 41.6 Å². The van der Waals surface area contributed by atoms with Crippen molar-refractivity contribution in [1.29, 1.82) is 0 Å². The minimum absolute atomic E-state index is 0.0531. The molecule has 0 unspecified atom stereocenters. The molecular weight excluding hydrogens is 366 g/mol. The second kappa shape index (κ2) is 6.90. The molecule has 27 heavy (non-hydrogen) atoms. The average Bonchev–Trinajstić information content (AvgIpc) is 2.71. The van der Waals surface area contributed by atoms with Crippen molar-refractivity contribution in [2.75, 3.05) is 43.0 Å². The third-order valence-corrected chi connectivity index (χ3v) is 7.00. The molecule has 2 aliphatic heterocycles. The first-order valence-electron chi connectivity index (χ1n) is 8.88. The second-order valence-electron chi connectivity index (χ2n) is 6.68. The number of benzene rings is 1. The summed E-state index contributed by atoms with van der Waals surface area (Å²) in [5, 5.41) is 0. The Kier molecular flexibility index (Phi) is 4.56. The molecular formula is C18H21N5O3S. The molecule has 1 saturated heterocycles. The van der Waals surface area contributed by atoms with Gasteiger partial charge in [-0.05, 0) is 36.2 Å². The summed E-state index contributed by atoms with van der Waals surface area (Å²) in [4.78, 5) is 24.1. The van der Waals surface area contributed by atoms with E-state index in [9.17, 15) is 13.2 Å². The molecule has 1 aromatic heterocycles. The Morgan fingerprint density at radius 1 is 1.00 bits per heavy atom. The highest BCUT2D eigenvalue weighted by Crippen LogP contribution is 2.30. The Bertz CT molecular complexity index is 956. The Labute approximate surface area is 158 Å². The lowest BCUT2D eigenvalue weighted by atomic mass is 10.0. The smallest absolute Gasteiger partial charge is 0.243 e. The third-order valence-electron chi connectivity index (χ3n) is 5.11. The molecule has 9 heteroatoms. The van der Waals surface area contributed by atoms with Gasteiger partial charge < -0.3 is 9.80 Å². The highest BCUT2D eigenvalue weighted by Gasteiger charge is 2.30. The topological polar surface area (TPSA) is 86.7 Å². The number of piperazine rings is 1. The van der Waals surface area contributed by atoms with Crippen LogP contribution in [0.5, 0.6) is 0 Å². The average molecular weight is 387 g/mol. The Hall–Kier alpha value is -2.52. The minimum Gasteiger partial charge on any atom is -0.338 e. The summed E-state index contributed by atoms with van der Waals surface area (Å²) in [6.45, 7) is 1.86. The fourth-order valence-electron chi connectivity index (χ4n) is 3.53. The summed E-state index contributed by atoms with van der Waals surface area (Å²) in [5.41, 5.74) is 1.69. The van der Waals surface area contributed by atoms with Crippen molar-refractivity contribution in [2.45, 2.75) is 17.7 Å². The lowest BCUT2D eigenvalue weighted by Crippen LogP contribution is -2.49. The zero-order valence-corrected chi connectivity index (χ0v) is 15.9. The molecule has 1 amide bonds. The predicted molar refractivity (Wildman–Crippen MR) is 101 cm³/mol. The first-order valence-corrected chi connectivity index (χ1v) is 10.3. The van der Waals surface area contributed by atoms with Crippen LogP contribution < -0.4 is 9.80 Å². The van der Waals surface area contributed by atoms with Crippen molar-refractivity contribution < 1.29 is 13.2 Å². The number of rotatable bonds is 3. The van der Waals surface area contributed by atoms with E-state index in [-0.39, 0.29) is 10.8 Å². The van der Waals surface area contributed by atoms with Crippen LogP contribution in [0.1, 0.15) is 12.0 Å². The highest BCUT2D eigenvalue weighted by molar-refractivity contribution is 7.89. The van der Waals surface area contributed by atoms with E-state index in [1.165, 1.54) is 4.31 Å². The molecule has 0 aliphatic carbocycles. The molecule has 0 saturated carbocycles. The lowest BCUT2D eigenvalue weighted by molar-refractivity contribution is -0.118. The fraction of sp³-hybridized carbons (Fsp3) is 0.389. The van der Waals surface area contributed by atoms with Gasteiger partial charge in [-0.1, -0.05) is 0 Å². The van der Waals surface area contributed by atoms with Gasteiger partial charge in [0.15, 0.2) is 0 Å². The van der Waals surface area contributed by atoms with E-state index in [2.05, 4.69) is 9.97 Å². The van der Waals surface area contributed by atoms with E-state index in [0.29, 0.717) is 45.0 Å². The molecule has 2 aliphatic rings. The van der Waals surface area contributed by atoms with Crippen molar-refractivity contribution in [3.05, 3.63) is 42.2 Å². The number of carbonyl (C=O) groups excluding carboxylic acids is 1. The third kappa shape index (κ3) is 3.28. The van der Waals surface area contributed by atoms with Crippen molar-refractivity contribution in [1.82, 2.24) is 14.3 Å². The van der Waals surface area contributed by atoms with Gasteiger partial charge in [0.1, 0.15) is 0 Å². The number of aryl methyl sites for hydroxylation is 1. The molecule has 0 spiro atoms. The van der Waals surface area contributed by atoms with E-state index in [4.69, 9.17) is 0 Å². The van der Waals surface area contributed by atoms with Gasteiger partial charge in [-0.15, -0.1) is 0 Å². The number of carbonyl (C=O) groups is 1. The van der Waals surface area contributed by atoms with Gasteiger partial charge in [0, 0.05) is 57.7 Å². The van der Waals surface area contributed by atoms with Gasteiger partial charge in [0.05, 0.1) is 4.90 Å². The number of sulfonamides is 1. The number of fused-ring (bicyclic) bond motifs is 1. The quantitative estimate of drug-likeness (QED) is 0.778. The van der Waals surface area contributed by atoms with Gasteiger partial charge >= 0.3 is 0 Å². The molecule has 0 N–H and O–H groups in total. The summed E-state index contributed by atoms with van der Waals surface area (Å²) in [6, 6.07) is 6.79. The molecule has 4 rings (SSSR count). The van der Waals surface area contributed by atoms with Gasteiger partial charge in [-0.25, -0.2) is 18.4 Å². The first kappa shape index (κ1) is 17.9. The summed E-state index contributed by atoms with van der Waals surface area (Å²) in [6.07, 6.45) is 4.34. The number of hydrogen-bond donors (Lipinski definition) is 0. The molecule has 142 valence electrons. The minimum atomic E-state index is -3.57. The SMILES string of the molecule is CN1C(=O)CCc2cc(S(=O)(=O)N3CCN(c4ncccn4)CC3)ccc21. The zero-order chi connectivity index (χ0) is 19.0. The van der Waals surface area contributed by atoms with Crippen LogP contribution in [0.25, 0.3) is 0 Å². The van der Waals surface area contributed by atoms with Crippen molar-refractivity contribution >= 4 is 27.6 Å². The van der Waals surface area contributed by atoms with Crippen LogP contribution in [0.3, 0.4) is 0 Å². The number of aromatic nitrogens is 2. The Morgan fingerprint density at radius 2 is 1.70 bits per heavy atom. The lowest BCUT2D eigenvalue weighted by Gasteiger charge is -2.34. The van der Waals surface area contributed by atoms with Gasteiger partial charge in [0.2, 0.25) is 21.9 Å². The monoisotopic (exact) mass is 387 g/mol. The second-order valence-corrected chi connectivity index (χ2v) is 8.62. The van der Waals surface area contributed by atoms with Crippen LogP contribution in [-0.4, -0.2) is 61.8 Å². The maximum Gasteiger partial charge on any atom is 0.243 e. The van der Waals surface area contributed by atoms with Gasteiger partial charge in [0.25, 0.3) is 0 Å². The maximum atomic E-state index is 13.1. The molecule has 2 aromatic rings. The van der Waals surface area contributed by atoms with Crippen LogP contribution in [0.4, 0.5) is 11.6 Å². The number of hydrogen-bond acceptors (Lipinski definition) is 6. The van der Waals surface area contributed by atoms with Crippen LogP contribution >= 0.6 is 0 Å². The molecule has 0 radical (unpaired) electrons. The molecule has 1 aromatic carbocycles. The van der Waals surface area contributed by atoms with E-state index in [1.807, 2.05) is 4.90 Å². The first-order chi connectivity index (χ1) is 13.0. The maximum absolute atomic E-state index is 13.1. The van der Waals surface area contributed by atoms with E-state index in [1.54, 1.807) is 48.6 Å². The summed E-state index contributed by atoms with van der Waals surface area (Å²) >= 11 is 0. The van der Waals surface area contributed by atoms with Crippen molar-refractivity contribution in [3.63, 3.8) is 0 Å². The zero-order valence-electron chi connectivity index (χ0n) is 15.1. The molecule has 8 nitrogen and oxygen atoms in total. The number of amides is 1. The summed E-state index contributed by atoms with van der Waals surface area (Å²) in [7, 11) is -1.85. The van der Waals surface area contributed by atoms with E-state index >= 15 is 0 Å².